The lowest BCUT2D eigenvalue weighted by atomic mass is 10.3. The van der Waals surface area contributed by atoms with Crippen LogP contribution in [0.3, 0.4) is 0 Å². The third-order valence-electron chi connectivity index (χ3n) is 3.45. The maximum atomic E-state index is 12.5. The number of nitrogens with zero attached hydrogens (tertiary/aromatic N) is 2. The monoisotopic (exact) mass is 391 g/mol. The van der Waals surface area contributed by atoms with Crippen molar-refractivity contribution in [3.05, 3.63) is 66.5 Å². The van der Waals surface area contributed by atoms with Crippen molar-refractivity contribution < 1.29 is 26.0 Å². The lowest BCUT2D eigenvalue weighted by molar-refractivity contribution is 0.102. The van der Waals surface area contributed by atoms with Crippen molar-refractivity contribution >= 4 is 22.1 Å². The van der Waals surface area contributed by atoms with Gasteiger partial charge in [-0.3, -0.25) is 4.79 Å². The van der Waals surface area contributed by atoms with E-state index >= 15 is 0 Å². The number of hydrogen-bond donors (Lipinski definition) is 1. The van der Waals surface area contributed by atoms with Crippen molar-refractivity contribution in [2.24, 2.45) is 0 Å². The second kappa shape index (κ2) is 7.46. The van der Waals surface area contributed by atoms with E-state index in [9.17, 15) is 17.1 Å². The van der Waals surface area contributed by atoms with E-state index in [1.54, 1.807) is 37.6 Å². The quantitative estimate of drug-likeness (QED) is 0.649. The number of rotatable bonds is 6. The van der Waals surface area contributed by atoms with Gasteiger partial charge < -0.3 is 14.2 Å². The maximum Gasteiger partial charge on any atom is 0.488 e. The van der Waals surface area contributed by atoms with Gasteiger partial charge in [-0.1, -0.05) is 9.95 Å². The molecule has 3 rings (SSSR count). The highest BCUT2D eigenvalue weighted by molar-refractivity contribution is 7.81. The van der Waals surface area contributed by atoms with E-state index in [0.717, 1.165) is 5.69 Å². The summed E-state index contributed by atoms with van der Waals surface area (Å²) in [5.74, 6) is -0.0205. The normalized spacial score (nSPS) is 11.0. The zero-order chi connectivity index (χ0) is 19.4. The van der Waals surface area contributed by atoms with Crippen LogP contribution in [0, 0.1) is 0 Å². The minimum absolute atomic E-state index is 0.171. The second-order valence-corrected chi connectivity index (χ2v) is 6.25. The number of carbonyl (C=O) groups excluding carboxylic acids is 1. The summed E-state index contributed by atoms with van der Waals surface area (Å²) in [5, 5.41) is 6.81. The van der Waals surface area contributed by atoms with Crippen LogP contribution in [-0.4, -0.2) is 31.2 Å². The Kier molecular flexibility index (Phi) is 5.08. The van der Waals surface area contributed by atoms with Crippen molar-refractivity contribution in [3.8, 4) is 17.2 Å². The molecule has 1 amide bonds. The van der Waals surface area contributed by atoms with Gasteiger partial charge >= 0.3 is 10.5 Å². The van der Waals surface area contributed by atoms with Crippen LogP contribution in [0.4, 0.5) is 9.57 Å². The summed E-state index contributed by atoms with van der Waals surface area (Å²) in [4.78, 5) is 12.3. The van der Waals surface area contributed by atoms with Gasteiger partial charge in [0.05, 0.1) is 12.8 Å². The Morgan fingerprint density at radius 1 is 1.11 bits per heavy atom. The minimum Gasteiger partial charge on any atom is -0.497 e. The highest BCUT2D eigenvalue weighted by atomic mass is 32.3. The van der Waals surface area contributed by atoms with E-state index in [1.165, 1.54) is 28.9 Å². The molecule has 1 aromatic heterocycles. The first kappa shape index (κ1) is 18.4. The molecule has 2 aromatic carbocycles. The van der Waals surface area contributed by atoms with Gasteiger partial charge in [0.1, 0.15) is 11.5 Å². The first-order valence-electron chi connectivity index (χ1n) is 7.60. The molecule has 0 fully saturated rings. The molecule has 10 heteroatoms. The van der Waals surface area contributed by atoms with E-state index < -0.39 is 16.4 Å². The van der Waals surface area contributed by atoms with Crippen LogP contribution in [-0.2, 0) is 10.5 Å². The summed E-state index contributed by atoms with van der Waals surface area (Å²) >= 11 is 0. The van der Waals surface area contributed by atoms with Gasteiger partial charge in [-0.2, -0.15) is 13.5 Å². The SMILES string of the molecule is COc1cccc(-n2ccc(C(=O)Nc3ccc(OS(=O)(=O)F)cc3)n2)c1. The molecule has 3 aromatic rings. The summed E-state index contributed by atoms with van der Waals surface area (Å²) in [6.45, 7) is 0. The fourth-order valence-electron chi connectivity index (χ4n) is 2.25. The molecule has 0 atom stereocenters. The number of halogens is 1. The van der Waals surface area contributed by atoms with Gasteiger partial charge in [0.15, 0.2) is 5.69 Å². The van der Waals surface area contributed by atoms with Crippen LogP contribution in [0.2, 0.25) is 0 Å². The predicted octanol–water partition coefficient (Wildman–Crippen LogP) is 2.73. The van der Waals surface area contributed by atoms with Crippen LogP contribution < -0.4 is 14.2 Å². The van der Waals surface area contributed by atoms with Crippen molar-refractivity contribution in [1.82, 2.24) is 9.78 Å². The molecule has 0 spiro atoms. The van der Waals surface area contributed by atoms with E-state index in [4.69, 9.17) is 4.74 Å². The zero-order valence-electron chi connectivity index (χ0n) is 14.0. The van der Waals surface area contributed by atoms with Gasteiger partial charge in [0.2, 0.25) is 0 Å². The molecule has 0 aliphatic carbocycles. The number of methoxy groups -OCH3 is 1. The van der Waals surface area contributed by atoms with E-state index in [0.29, 0.717) is 11.4 Å². The number of carbonyl (C=O) groups is 1. The minimum atomic E-state index is -5.09. The topological polar surface area (TPSA) is 99.5 Å². The Hall–Kier alpha value is -3.40. The van der Waals surface area contributed by atoms with Gasteiger partial charge in [-0.15, -0.1) is 0 Å². The van der Waals surface area contributed by atoms with Crippen LogP contribution in [0.5, 0.6) is 11.5 Å². The summed E-state index contributed by atoms with van der Waals surface area (Å²) in [6, 6.07) is 13.9. The van der Waals surface area contributed by atoms with E-state index in [2.05, 4.69) is 14.6 Å². The molecule has 0 unspecified atom stereocenters. The largest absolute Gasteiger partial charge is 0.497 e. The summed E-state index contributed by atoms with van der Waals surface area (Å²) in [7, 11) is -3.54. The standard InChI is InChI=1S/C17H14FN3O5S/c1-25-15-4-2-3-13(11-15)21-10-9-16(20-21)17(22)19-12-5-7-14(8-6-12)26-27(18,23)24/h2-11H,1H3,(H,19,22). The number of nitrogens with one attached hydrogen (secondary N) is 1. The lowest BCUT2D eigenvalue weighted by Crippen LogP contribution is -2.13. The number of hydrogen-bond acceptors (Lipinski definition) is 6. The molecule has 0 saturated heterocycles. The first-order valence-corrected chi connectivity index (χ1v) is 8.90. The lowest BCUT2D eigenvalue weighted by Gasteiger charge is -2.05. The third kappa shape index (κ3) is 4.82. The predicted molar refractivity (Wildman–Crippen MR) is 95.2 cm³/mol. The van der Waals surface area contributed by atoms with Gasteiger partial charge in [-0.05, 0) is 42.5 Å². The molecule has 1 heterocycles. The summed E-state index contributed by atoms with van der Waals surface area (Å²) in [5.41, 5.74) is 1.26. The number of benzene rings is 2. The molecule has 8 nitrogen and oxygen atoms in total. The van der Waals surface area contributed by atoms with Crippen molar-refractivity contribution in [3.63, 3.8) is 0 Å². The Balaban J connectivity index is 1.71. The summed E-state index contributed by atoms with van der Waals surface area (Å²) in [6.07, 6.45) is 1.63. The molecular formula is C17H14FN3O5S. The molecular weight excluding hydrogens is 377 g/mol. The number of aromatic nitrogens is 2. The Labute approximate surface area is 154 Å². The first-order chi connectivity index (χ1) is 12.8. The Morgan fingerprint density at radius 3 is 2.52 bits per heavy atom. The zero-order valence-corrected chi connectivity index (χ0v) is 14.8. The van der Waals surface area contributed by atoms with Crippen LogP contribution >= 0.6 is 0 Å². The Bertz CT molecular complexity index is 1060. The number of anilines is 1. The van der Waals surface area contributed by atoms with Gasteiger partial charge in [-0.25, -0.2) is 4.68 Å². The maximum absolute atomic E-state index is 12.5. The van der Waals surface area contributed by atoms with E-state index in [-0.39, 0.29) is 11.4 Å². The highest BCUT2D eigenvalue weighted by Gasteiger charge is 2.12. The van der Waals surface area contributed by atoms with Crippen molar-refractivity contribution in [2.75, 3.05) is 12.4 Å². The van der Waals surface area contributed by atoms with Gasteiger partial charge in [0, 0.05) is 18.0 Å². The van der Waals surface area contributed by atoms with Crippen LogP contribution in [0.1, 0.15) is 10.5 Å². The molecule has 140 valence electrons. The Morgan fingerprint density at radius 2 is 1.85 bits per heavy atom. The smallest absolute Gasteiger partial charge is 0.488 e. The van der Waals surface area contributed by atoms with Crippen LogP contribution in [0.15, 0.2) is 60.8 Å². The van der Waals surface area contributed by atoms with Crippen LogP contribution in [0.25, 0.3) is 5.69 Å². The number of ether oxygens (including phenoxy) is 1. The molecule has 0 aliphatic rings. The molecule has 27 heavy (non-hydrogen) atoms. The fourth-order valence-corrected chi connectivity index (χ4v) is 2.59. The van der Waals surface area contributed by atoms with Crippen molar-refractivity contribution in [1.29, 1.82) is 0 Å². The third-order valence-corrected chi connectivity index (χ3v) is 3.84. The summed E-state index contributed by atoms with van der Waals surface area (Å²) < 4.78 is 44.1. The highest BCUT2D eigenvalue weighted by Crippen LogP contribution is 2.19. The van der Waals surface area contributed by atoms with E-state index in [1.807, 2.05) is 6.07 Å². The average molecular weight is 391 g/mol. The molecule has 1 N–H and O–H groups in total. The van der Waals surface area contributed by atoms with Gasteiger partial charge in [0.25, 0.3) is 5.91 Å². The van der Waals surface area contributed by atoms with Crippen molar-refractivity contribution in [2.45, 2.75) is 0 Å². The second-order valence-electron chi connectivity index (χ2n) is 5.30. The number of amides is 1. The molecule has 0 saturated carbocycles. The fraction of sp³-hybridized carbons (Fsp3) is 0.0588. The average Bonchev–Trinajstić information content (AvgIpc) is 3.12. The molecule has 0 bridgehead atoms. The molecule has 0 radical (unpaired) electrons. The molecule has 0 aliphatic heterocycles.